The summed E-state index contributed by atoms with van der Waals surface area (Å²) in [5.41, 5.74) is 5.06. The Hall–Kier alpha value is -2.56. The molecule has 21 heavy (non-hydrogen) atoms. The lowest BCUT2D eigenvalue weighted by atomic mass is 10.1. The number of rotatable bonds is 2. The summed E-state index contributed by atoms with van der Waals surface area (Å²) in [6.07, 6.45) is 8.73. The largest absolute Gasteiger partial charge is 0.259 e. The van der Waals surface area contributed by atoms with Crippen LogP contribution in [0.3, 0.4) is 0 Å². The molecule has 0 fully saturated rings. The quantitative estimate of drug-likeness (QED) is 0.722. The number of nitrogens with zero attached hydrogens (tertiary/aromatic N) is 5. The number of aryl methyl sites for hydroxylation is 2. The Morgan fingerprint density at radius 1 is 1.24 bits per heavy atom. The molecule has 3 aromatic heterocycles. The molecule has 0 aromatic carbocycles. The first-order valence-corrected chi connectivity index (χ1v) is 7.12. The smallest absolute Gasteiger partial charge is 0.125 e. The number of aromatic nitrogens is 5. The van der Waals surface area contributed by atoms with E-state index in [-0.39, 0.29) is 0 Å². The highest BCUT2D eigenvalue weighted by atomic mass is 15.3. The molecule has 0 unspecified atom stereocenters. The lowest BCUT2D eigenvalue weighted by Gasteiger charge is -2.09. The van der Waals surface area contributed by atoms with Gasteiger partial charge in [-0.1, -0.05) is 13.0 Å². The molecular formula is C16H15N5. The lowest BCUT2D eigenvalue weighted by molar-refractivity contribution is 0.705. The first kappa shape index (κ1) is 12.2. The second-order valence-electron chi connectivity index (χ2n) is 5.19. The fourth-order valence-electron chi connectivity index (χ4n) is 2.75. The summed E-state index contributed by atoms with van der Waals surface area (Å²) in [6.45, 7) is 4.83. The molecular weight excluding hydrogens is 262 g/mol. The fourth-order valence-corrected chi connectivity index (χ4v) is 2.75. The maximum absolute atomic E-state index is 4.75. The molecule has 0 radical (unpaired) electrons. The molecule has 5 nitrogen and oxygen atoms in total. The van der Waals surface area contributed by atoms with Crippen molar-refractivity contribution in [2.24, 2.45) is 0 Å². The number of allylic oxidation sites excluding steroid dienone is 1. The summed E-state index contributed by atoms with van der Waals surface area (Å²) >= 11 is 0. The zero-order valence-corrected chi connectivity index (χ0v) is 12.0. The number of hydrogen-bond donors (Lipinski definition) is 0. The van der Waals surface area contributed by atoms with E-state index in [0.29, 0.717) is 0 Å². The van der Waals surface area contributed by atoms with Crippen molar-refractivity contribution >= 4 is 17.0 Å². The fraction of sp³-hybridized carbons (Fsp3) is 0.250. The van der Waals surface area contributed by atoms with Crippen molar-refractivity contribution in [3.05, 3.63) is 41.7 Å². The summed E-state index contributed by atoms with van der Waals surface area (Å²) < 4.78 is 2.03. The van der Waals surface area contributed by atoms with Crippen molar-refractivity contribution in [2.45, 2.75) is 26.8 Å². The van der Waals surface area contributed by atoms with Crippen molar-refractivity contribution in [2.75, 3.05) is 0 Å². The van der Waals surface area contributed by atoms with Gasteiger partial charge in [-0.05, 0) is 25.5 Å². The average Bonchev–Trinajstić information content (AvgIpc) is 2.88. The highest BCUT2D eigenvalue weighted by Gasteiger charge is 2.17. The molecule has 0 saturated carbocycles. The van der Waals surface area contributed by atoms with E-state index in [4.69, 9.17) is 4.98 Å². The molecule has 1 aliphatic heterocycles. The van der Waals surface area contributed by atoms with Crippen molar-refractivity contribution in [1.82, 2.24) is 24.7 Å². The van der Waals surface area contributed by atoms with Gasteiger partial charge in [-0.2, -0.15) is 5.10 Å². The topological polar surface area (TPSA) is 56.5 Å². The summed E-state index contributed by atoms with van der Waals surface area (Å²) in [7, 11) is 0. The minimum atomic E-state index is 0.767. The van der Waals surface area contributed by atoms with Crippen LogP contribution in [0.4, 0.5) is 0 Å². The maximum atomic E-state index is 4.75. The molecule has 0 atom stereocenters. The third-order valence-corrected chi connectivity index (χ3v) is 3.80. The Kier molecular flexibility index (Phi) is 2.60. The van der Waals surface area contributed by atoms with Gasteiger partial charge in [0.15, 0.2) is 0 Å². The lowest BCUT2D eigenvalue weighted by Crippen LogP contribution is -2.04. The maximum Gasteiger partial charge on any atom is 0.125 e. The van der Waals surface area contributed by atoms with E-state index in [2.05, 4.69) is 40.2 Å². The Labute approximate surface area is 122 Å². The first-order chi connectivity index (χ1) is 10.3. The second kappa shape index (κ2) is 4.48. The van der Waals surface area contributed by atoms with Crippen molar-refractivity contribution in [3.63, 3.8) is 0 Å². The predicted molar refractivity (Wildman–Crippen MR) is 81.7 cm³/mol. The van der Waals surface area contributed by atoms with E-state index < -0.39 is 0 Å². The summed E-state index contributed by atoms with van der Waals surface area (Å²) in [5, 5.41) is 5.86. The van der Waals surface area contributed by atoms with Crippen LogP contribution >= 0.6 is 0 Å². The Bertz CT molecular complexity index is 858. The van der Waals surface area contributed by atoms with Crippen molar-refractivity contribution in [1.29, 1.82) is 0 Å². The SMILES string of the molecule is CCc1nn2c3c(nc(-c4cnc(C)nc4)cc13)C=CC2. The van der Waals surface area contributed by atoms with Crippen LogP contribution in [0.2, 0.25) is 0 Å². The van der Waals surface area contributed by atoms with E-state index in [1.165, 1.54) is 5.39 Å². The zero-order chi connectivity index (χ0) is 14.4. The van der Waals surface area contributed by atoms with E-state index in [0.717, 1.165) is 47.0 Å². The van der Waals surface area contributed by atoms with E-state index >= 15 is 0 Å². The van der Waals surface area contributed by atoms with E-state index in [1.54, 1.807) is 0 Å². The van der Waals surface area contributed by atoms with Gasteiger partial charge in [0, 0.05) is 23.3 Å². The monoisotopic (exact) mass is 277 g/mol. The standard InChI is InChI=1S/C16H15N5/c1-3-13-12-7-15(11-8-17-10(2)18-9-11)19-14-5-4-6-21(20-13)16(12)14/h4-5,7-9H,3,6H2,1-2H3. The predicted octanol–water partition coefficient (Wildman–Crippen LogP) is 2.79. The molecule has 1 aliphatic rings. The van der Waals surface area contributed by atoms with Crippen LogP contribution in [0.15, 0.2) is 24.5 Å². The average molecular weight is 277 g/mol. The molecule has 5 heteroatoms. The van der Waals surface area contributed by atoms with Gasteiger partial charge in [0.25, 0.3) is 0 Å². The Morgan fingerprint density at radius 2 is 2.05 bits per heavy atom. The molecule has 0 N–H and O–H groups in total. The minimum Gasteiger partial charge on any atom is -0.259 e. The van der Waals surface area contributed by atoms with Gasteiger partial charge in [0.2, 0.25) is 0 Å². The second-order valence-corrected chi connectivity index (χ2v) is 5.19. The van der Waals surface area contributed by atoms with Gasteiger partial charge in [0.05, 0.1) is 29.1 Å². The molecule has 0 aliphatic carbocycles. The van der Waals surface area contributed by atoms with Crippen LogP contribution < -0.4 is 0 Å². The highest BCUT2D eigenvalue weighted by molar-refractivity contribution is 5.92. The van der Waals surface area contributed by atoms with Crippen LogP contribution in [0.5, 0.6) is 0 Å². The number of pyridine rings is 1. The Balaban J connectivity index is 1.99. The van der Waals surface area contributed by atoms with Gasteiger partial charge >= 0.3 is 0 Å². The minimum absolute atomic E-state index is 0.767. The van der Waals surface area contributed by atoms with Crippen LogP contribution in [0.25, 0.3) is 28.2 Å². The first-order valence-electron chi connectivity index (χ1n) is 7.12. The molecule has 0 amide bonds. The van der Waals surface area contributed by atoms with Crippen LogP contribution in [-0.4, -0.2) is 24.7 Å². The molecule has 4 rings (SSSR count). The normalized spacial score (nSPS) is 13.0. The van der Waals surface area contributed by atoms with E-state index in [1.807, 2.05) is 24.0 Å². The molecule has 0 saturated heterocycles. The molecule has 0 spiro atoms. The van der Waals surface area contributed by atoms with Crippen molar-refractivity contribution < 1.29 is 0 Å². The van der Waals surface area contributed by atoms with Crippen molar-refractivity contribution in [3.8, 4) is 11.3 Å². The van der Waals surface area contributed by atoms with Gasteiger partial charge in [-0.15, -0.1) is 0 Å². The number of hydrogen-bond acceptors (Lipinski definition) is 4. The van der Waals surface area contributed by atoms with Gasteiger partial charge < -0.3 is 0 Å². The van der Waals surface area contributed by atoms with Crippen LogP contribution in [0.1, 0.15) is 24.1 Å². The molecule has 3 aromatic rings. The van der Waals surface area contributed by atoms with Gasteiger partial charge in [0.1, 0.15) is 5.82 Å². The molecule has 0 bridgehead atoms. The highest BCUT2D eigenvalue weighted by Crippen LogP contribution is 2.29. The van der Waals surface area contributed by atoms with Gasteiger partial charge in [-0.3, -0.25) is 4.68 Å². The summed E-state index contributed by atoms with van der Waals surface area (Å²) in [4.78, 5) is 13.3. The summed E-state index contributed by atoms with van der Waals surface area (Å²) in [6, 6.07) is 2.11. The van der Waals surface area contributed by atoms with E-state index in [9.17, 15) is 0 Å². The van der Waals surface area contributed by atoms with Crippen LogP contribution in [0, 0.1) is 6.92 Å². The molecule has 4 heterocycles. The third kappa shape index (κ3) is 1.85. The van der Waals surface area contributed by atoms with Crippen LogP contribution in [-0.2, 0) is 13.0 Å². The van der Waals surface area contributed by atoms with Gasteiger partial charge in [-0.25, -0.2) is 15.0 Å². The third-order valence-electron chi connectivity index (χ3n) is 3.80. The summed E-state index contributed by atoms with van der Waals surface area (Å²) in [5.74, 6) is 0.767. The molecule has 104 valence electrons. The Morgan fingerprint density at radius 3 is 2.81 bits per heavy atom. The zero-order valence-electron chi connectivity index (χ0n) is 12.0.